The molecular formula is C15H22N4. The summed E-state index contributed by atoms with van der Waals surface area (Å²) in [6, 6.07) is 10.6. The Labute approximate surface area is 115 Å². The van der Waals surface area contributed by atoms with Crippen molar-refractivity contribution in [1.29, 1.82) is 5.26 Å². The van der Waals surface area contributed by atoms with Crippen molar-refractivity contribution in [3.63, 3.8) is 0 Å². The summed E-state index contributed by atoms with van der Waals surface area (Å²) < 4.78 is 0. The predicted molar refractivity (Wildman–Crippen MR) is 78.3 cm³/mol. The first-order valence-corrected chi connectivity index (χ1v) is 6.84. The van der Waals surface area contributed by atoms with Crippen LogP contribution in [0.4, 0.5) is 5.69 Å². The van der Waals surface area contributed by atoms with Crippen molar-refractivity contribution in [3.05, 3.63) is 29.8 Å². The molecule has 1 aromatic rings. The number of rotatable bonds is 3. The van der Waals surface area contributed by atoms with E-state index in [1.807, 2.05) is 25.2 Å². The zero-order valence-electron chi connectivity index (χ0n) is 11.8. The Kier molecular flexibility index (Phi) is 4.78. The highest BCUT2D eigenvalue weighted by Crippen LogP contribution is 2.19. The van der Waals surface area contributed by atoms with Crippen LogP contribution >= 0.6 is 0 Å². The van der Waals surface area contributed by atoms with Crippen LogP contribution in [0.15, 0.2) is 24.3 Å². The Morgan fingerprint density at radius 1 is 1.42 bits per heavy atom. The zero-order valence-corrected chi connectivity index (χ0v) is 11.8. The van der Waals surface area contributed by atoms with E-state index in [2.05, 4.69) is 34.3 Å². The average Bonchev–Trinajstić information content (AvgIpc) is 2.62. The lowest BCUT2D eigenvalue weighted by Crippen LogP contribution is -2.44. The molecule has 1 heterocycles. The summed E-state index contributed by atoms with van der Waals surface area (Å²) in [7, 11) is 4.19. The molecule has 4 nitrogen and oxygen atoms in total. The molecule has 1 aliphatic heterocycles. The second-order valence-corrected chi connectivity index (χ2v) is 5.15. The third-order valence-electron chi connectivity index (χ3n) is 3.77. The Morgan fingerprint density at radius 3 is 3.00 bits per heavy atom. The molecule has 0 spiro atoms. The molecular weight excluding hydrogens is 236 g/mol. The molecule has 1 unspecified atom stereocenters. The van der Waals surface area contributed by atoms with Crippen LogP contribution in [0.3, 0.4) is 0 Å². The maximum Gasteiger partial charge on any atom is 0.0992 e. The monoisotopic (exact) mass is 258 g/mol. The van der Waals surface area contributed by atoms with Crippen molar-refractivity contribution in [2.24, 2.45) is 0 Å². The largest absolute Gasteiger partial charge is 0.370 e. The van der Waals surface area contributed by atoms with Crippen molar-refractivity contribution in [1.82, 2.24) is 10.2 Å². The number of nitrogens with one attached hydrogen (secondary N) is 1. The number of nitriles is 1. The van der Waals surface area contributed by atoms with Crippen LogP contribution in [0, 0.1) is 11.3 Å². The smallest absolute Gasteiger partial charge is 0.0992 e. The van der Waals surface area contributed by atoms with Crippen molar-refractivity contribution in [2.45, 2.75) is 12.5 Å². The molecule has 2 rings (SSSR count). The number of hydrogen-bond donors (Lipinski definition) is 1. The molecule has 19 heavy (non-hydrogen) atoms. The minimum atomic E-state index is 0.512. The zero-order chi connectivity index (χ0) is 13.7. The lowest BCUT2D eigenvalue weighted by atomic mass is 10.2. The highest BCUT2D eigenvalue weighted by Gasteiger charge is 2.21. The maximum absolute atomic E-state index is 9.01. The van der Waals surface area contributed by atoms with E-state index in [9.17, 15) is 0 Å². The molecule has 1 saturated heterocycles. The van der Waals surface area contributed by atoms with E-state index in [-0.39, 0.29) is 0 Å². The standard InChI is InChI=1S/C15H22N4/c1-17-11-15-12-19(8-4-7-18(15)2)14-6-3-5-13(9-14)10-16/h3,5-6,9,15,17H,4,7-8,11-12H2,1-2H3. The van der Waals surface area contributed by atoms with Crippen molar-refractivity contribution >= 4 is 5.69 Å². The molecule has 1 atom stereocenters. The van der Waals surface area contributed by atoms with E-state index in [4.69, 9.17) is 5.26 Å². The van der Waals surface area contributed by atoms with E-state index >= 15 is 0 Å². The molecule has 1 aromatic carbocycles. The summed E-state index contributed by atoms with van der Waals surface area (Å²) in [6.07, 6.45) is 1.16. The first kappa shape index (κ1) is 13.9. The van der Waals surface area contributed by atoms with E-state index in [1.165, 1.54) is 0 Å². The number of nitrogens with zero attached hydrogens (tertiary/aromatic N) is 3. The van der Waals surface area contributed by atoms with Crippen molar-refractivity contribution < 1.29 is 0 Å². The van der Waals surface area contributed by atoms with E-state index in [0.717, 1.165) is 43.9 Å². The summed E-state index contributed by atoms with van der Waals surface area (Å²) >= 11 is 0. The highest BCUT2D eigenvalue weighted by atomic mass is 15.2. The van der Waals surface area contributed by atoms with Crippen LogP contribution in [0.1, 0.15) is 12.0 Å². The van der Waals surface area contributed by atoms with Gasteiger partial charge in [-0.05, 0) is 45.3 Å². The van der Waals surface area contributed by atoms with Gasteiger partial charge in [0.25, 0.3) is 0 Å². The minimum Gasteiger partial charge on any atom is -0.370 e. The van der Waals surface area contributed by atoms with Gasteiger partial charge in [0.2, 0.25) is 0 Å². The first-order valence-electron chi connectivity index (χ1n) is 6.84. The molecule has 0 amide bonds. The van der Waals surface area contributed by atoms with E-state index in [0.29, 0.717) is 6.04 Å². The Balaban J connectivity index is 2.16. The molecule has 1 fully saturated rings. The SMILES string of the molecule is CNCC1CN(c2cccc(C#N)c2)CCCN1C. The fourth-order valence-electron chi connectivity index (χ4n) is 2.64. The second kappa shape index (κ2) is 6.55. The third-order valence-corrected chi connectivity index (χ3v) is 3.77. The summed E-state index contributed by atoms with van der Waals surface area (Å²) in [5, 5.41) is 12.3. The van der Waals surface area contributed by atoms with Gasteiger partial charge in [0.05, 0.1) is 11.6 Å². The fraction of sp³-hybridized carbons (Fsp3) is 0.533. The molecule has 0 saturated carbocycles. The van der Waals surface area contributed by atoms with Crippen LogP contribution in [0.5, 0.6) is 0 Å². The fourth-order valence-corrected chi connectivity index (χ4v) is 2.64. The minimum absolute atomic E-state index is 0.512. The van der Waals surface area contributed by atoms with Gasteiger partial charge >= 0.3 is 0 Å². The van der Waals surface area contributed by atoms with Gasteiger partial charge in [-0.1, -0.05) is 6.07 Å². The van der Waals surface area contributed by atoms with Gasteiger partial charge in [-0.2, -0.15) is 5.26 Å². The third kappa shape index (κ3) is 3.46. The van der Waals surface area contributed by atoms with Gasteiger partial charge in [0, 0.05) is 31.4 Å². The molecule has 0 aromatic heterocycles. The van der Waals surface area contributed by atoms with Crippen LogP contribution in [-0.4, -0.2) is 51.2 Å². The highest BCUT2D eigenvalue weighted by molar-refractivity contribution is 5.51. The lowest BCUT2D eigenvalue weighted by molar-refractivity contribution is 0.257. The quantitative estimate of drug-likeness (QED) is 0.887. The number of benzene rings is 1. The second-order valence-electron chi connectivity index (χ2n) is 5.15. The predicted octanol–water partition coefficient (Wildman–Crippen LogP) is 1.29. The Hall–Kier alpha value is -1.57. The number of anilines is 1. The summed E-state index contributed by atoms with van der Waals surface area (Å²) in [5.41, 5.74) is 1.90. The molecule has 1 aliphatic rings. The topological polar surface area (TPSA) is 42.3 Å². The maximum atomic E-state index is 9.01. The number of likely N-dealkylation sites (N-methyl/N-ethyl adjacent to an activating group) is 2. The molecule has 0 radical (unpaired) electrons. The van der Waals surface area contributed by atoms with Crippen molar-refractivity contribution in [2.75, 3.05) is 45.2 Å². The van der Waals surface area contributed by atoms with Crippen LogP contribution in [0.25, 0.3) is 0 Å². The van der Waals surface area contributed by atoms with E-state index in [1.54, 1.807) is 0 Å². The van der Waals surface area contributed by atoms with Gasteiger partial charge in [0.15, 0.2) is 0 Å². The summed E-state index contributed by atoms with van der Waals surface area (Å²) in [4.78, 5) is 4.82. The summed E-state index contributed by atoms with van der Waals surface area (Å²) in [5.74, 6) is 0. The molecule has 102 valence electrons. The van der Waals surface area contributed by atoms with Gasteiger partial charge in [-0.3, -0.25) is 0 Å². The first-order chi connectivity index (χ1) is 9.24. The van der Waals surface area contributed by atoms with Crippen LogP contribution in [0.2, 0.25) is 0 Å². The van der Waals surface area contributed by atoms with Gasteiger partial charge in [0.1, 0.15) is 0 Å². The average molecular weight is 258 g/mol. The van der Waals surface area contributed by atoms with Crippen LogP contribution in [-0.2, 0) is 0 Å². The van der Waals surface area contributed by atoms with Crippen molar-refractivity contribution in [3.8, 4) is 6.07 Å². The molecule has 0 bridgehead atoms. The number of hydrogen-bond acceptors (Lipinski definition) is 4. The van der Waals surface area contributed by atoms with Gasteiger partial charge < -0.3 is 15.1 Å². The lowest BCUT2D eigenvalue weighted by Gasteiger charge is -2.30. The normalized spacial score (nSPS) is 20.9. The molecule has 4 heteroatoms. The van der Waals surface area contributed by atoms with Crippen LogP contribution < -0.4 is 10.2 Å². The van der Waals surface area contributed by atoms with E-state index < -0.39 is 0 Å². The Morgan fingerprint density at radius 2 is 2.26 bits per heavy atom. The Bertz CT molecular complexity index is 452. The van der Waals surface area contributed by atoms with Gasteiger partial charge in [-0.25, -0.2) is 0 Å². The molecule has 1 N–H and O–H groups in total. The molecule has 0 aliphatic carbocycles. The summed E-state index contributed by atoms with van der Waals surface area (Å²) in [6.45, 7) is 4.18. The van der Waals surface area contributed by atoms with Gasteiger partial charge in [-0.15, -0.1) is 0 Å².